The molecule has 1 aromatic heterocycles. The van der Waals surface area contributed by atoms with Crippen molar-refractivity contribution in [1.82, 2.24) is 4.98 Å². The van der Waals surface area contributed by atoms with Crippen molar-refractivity contribution in [1.29, 1.82) is 5.26 Å². The number of halogens is 2. The summed E-state index contributed by atoms with van der Waals surface area (Å²) in [7, 11) is -1.82. The standard InChI is InChI=1S/C7H5BF2N2O2/c9-7(10)6-4(2-11)1-5(3-12-6)8(13)14/h1,3,7,13-14H. The highest BCUT2D eigenvalue weighted by Gasteiger charge is 2.19. The summed E-state index contributed by atoms with van der Waals surface area (Å²) in [6.45, 7) is 0. The zero-order valence-electron chi connectivity index (χ0n) is 6.85. The summed E-state index contributed by atoms with van der Waals surface area (Å²) in [6.07, 6.45) is -1.96. The van der Waals surface area contributed by atoms with E-state index in [-0.39, 0.29) is 11.0 Å². The van der Waals surface area contributed by atoms with Crippen molar-refractivity contribution >= 4 is 12.6 Å². The van der Waals surface area contributed by atoms with Gasteiger partial charge in [0.15, 0.2) is 0 Å². The molecule has 0 bridgehead atoms. The first-order valence-corrected chi connectivity index (χ1v) is 3.60. The average molecular weight is 198 g/mol. The van der Waals surface area contributed by atoms with Crippen molar-refractivity contribution in [3.05, 3.63) is 23.5 Å². The number of nitriles is 1. The van der Waals surface area contributed by atoms with Crippen molar-refractivity contribution in [3.63, 3.8) is 0 Å². The molecule has 0 radical (unpaired) electrons. The van der Waals surface area contributed by atoms with E-state index < -0.39 is 19.2 Å². The van der Waals surface area contributed by atoms with Crippen molar-refractivity contribution in [2.24, 2.45) is 0 Å². The summed E-state index contributed by atoms with van der Waals surface area (Å²) in [5.41, 5.74) is -1.10. The highest BCUT2D eigenvalue weighted by molar-refractivity contribution is 6.58. The molecule has 0 aliphatic rings. The van der Waals surface area contributed by atoms with Crippen LogP contribution in [0.1, 0.15) is 17.7 Å². The minimum Gasteiger partial charge on any atom is -0.423 e. The second kappa shape index (κ2) is 4.13. The first-order valence-electron chi connectivity index (χ1n) is 3.60. The van der Waals surface area contributed by atoms with Crippen LogP contribution in [0, 0.1) is 11.3 Å². The molecule has 0 spiro atoms. The second-order valence-electron chi connectivity index (χ2n) is 2.49. The maximum absolute atomic E-state index is 12.2. The van der Waals surface area contributed by atoms with E-state index in [4.69, 9.17) is 15.3 Å². The molecule has 7 heteroatoms. The smallest absolute Gasteiger partial charge is 0.423 e. The van der Waals surface area contributed by atoms with Crippen LogP contribution in [0.5, 0.6) is 0 Å². The topological polar surface area (TPSA) is 77.1 Å². The molecular weight excluding hydrogens is 193 g/mol. The maximum atomic E-state index is 12.2. The Kier molecular flexibility index (Phi) is 3.12. The van der Waals surface area contributed by atoms with Crippen LogP contribution in [0.15, 0.2) is 12.3 Å². The molecule has 0 aliphatic heterocycles. The van der Waals surface area contributed by atoms with Crippen LogP contribution in [-0.4, -0.2) is 22.2 Å². The lowest BCUT2D eigenvalue weighted by Gasteiger charge is -2.03. The van der Waals surface area contributed by atoms with Gasteiger partial charge in [-0.1, -0.05) is 0 Å². The molecule has 0 saturated heterocycles. The molecule has 0 atom stereocenters. The van der Waals surface area contributed by atoms with Gasteiger partial charge >= 0.3 is 7.12 Å². The first kappa shape index (κ1) is 10.6. The quantitative estimate of drug-likeness (QED) is 0.632. The lowest BCUT2D eigenvalue weighted by molar-refractivity contribution is 0.145. The van der Waals surface area contributed by atoms with Crippen LogP contribution in [0.4, 0.5) is 8.78 Å². The highest BCUT2D eigenvalue weighted by atomic mass is 19.3. The first-order chi connectivity index (χ1) is 6.56. The summed E-state index contributed by atoms with van der Waals surface area (Å²) in [4.78, 5) is 3.28. The summed E-state index contributed by atoms with van der Waals surface area (Å²) in [5.74, 6) is 0. The molecule has 14 heavy (non-hydrogen) atoms. The molecule has 0 fully saturated rings. The summed E-state index contributed by atoms with van der Waals surface area (Å²) < 4.78 is 24.4. The molecule has 0 aromatic carbocycles. The molecule has 0 aliphatic carbocycles. The Morgan fingerprint density at radius 2 is 2.14 bits per heavy atom. The highest BCUT2D eigenvalue weighted by Crippen LogP contribution is 2.18. The Balaban J connectivity index is 3.20. The molecule has 1 heterocycles. The van der Waals surface area contributed by atoms with Gasteiger partial charge in [-0.25, -0.2) is 8.78 Å². The zero-order valence-corrected chi connectivity index (χ0v) is 6.85. The monoisotopic (exact) mass is 198 g/mol. The lowest BCUT2D eigenvalue weighted by atomic mass is 9.81. The van der Waals surface area contributed by atoms with Crippen LogP contribution >= 0.6 is 0 Å². The van der Waals surface area contributed by atoms with Crippen LogP contribution < -0.4 is 5.46 Å². The summed E-state index contributed by atoms with van der Waals surface area (Å²) in [5, 5.41) is 25.9. The van der Waals surface area contributed by atoms with Crippen molar-refractivity contribution in [2.75, 3.05) is 0 Å². The van der Waals surface area contributed by atoms with Gasteiger partial charge in [0.2, 0.25) is 0 Å². The molecule has 2 N–H and O–H groups in total. The van der Waals surface area contributed by atoms with Crippen LogP contribution in [-0.2, 0) is 0 Å². The Morgan fingerprint density at radius 3 is 2.57 bits per heavy atom. The number of pyridine rings is 1. The van der Waals surface area contributed by atoms with E-state index in [0.29, 0.717) is 0 Å². The molecule has 4 nitrogen and oxygen atoms in total. The third-order valence-electron chi connectivity index (χ3n) is 1.56. The van der Waals surface area contributed by atoms with Gasteiger partial charge in [-0.15, -0.1) is 0 Å². The number of alkyl halides is 2. The predicted molar refractivity (Wildman–Crippen MR) is 43.7 cm³/mol. The van der Waals surface area contributed by atoms with Crippen molar-refractivity contribution < 1.29 is 18.8 Å². The fourth-order valence-electron chi connectivity index (χ4n) is 0.896. The maximum Gasteiger partial charge on any atom is 0.490 e. The van der Waals surface area contributed by atoms with Gasteiger partial charge in [0.1, 0.15) is 11.8 Å². The number of hydrogen-bond acceptors (Lipinski definition) is 4. The Bertz CT molecular complexity index is 378. The van der Waals surface area contributed by atoms with Crippen LogP contribution in [0.3, 0.4) is 0 Å². The fraction of sp³-hybridized carbons (Fsp3) is 0.143. The van der Waals surface area contributed by atoms with Gasteiger partial charge < -0.3 is 10.0 Å². The molecule has 1 rings (SSSR count). The van der Waals surface area contributed by atoms with Gasteiger partial charge in [-0.3, -0.25) is 4.98 Å². The van der Waals surface area contributed by atoms with E-state index in [2.05, 4.69) is 4.98 Å². The molecular formula is C7H5BF2N2O2. The Morgan fingerprint density at radius 1 is 1.50 bits per heavy atom. The van der Waals surface area contributed by atoms with Crippen LogP contribution in [0.2, 0.25) is 0 Å². The number of hydrogen-bond donors (Lipinski definition) is 2. The van der Waals surface area contributed by atoms with Crippen molar-refractivity contribution in [3.8, 4) is 6.07 Å². The molecule has 0 unspecified atom stereocenters. The molecule has 0 saturated carbocycles. The third kappa shape index (κ3) is 2.04. The largest absolute Gasteiger partial charge is 0.490 e. The summed E-state index contributed by atoms with van der Waals surface area (Å²) in [6, 6.07) is 2.48. The second-order valence-corrected chi connectivity index (χ2v) is 2.49. The predicted octanol–water partition coefficient (Wildman–Crippen LogP) is -0.429. The SMILES string of the molecule is N#Cc1cc(B(O)O)cnc1C(F)F. The molecule has 0 amide bonds. The average Bonchev–Trinajstić information content (AvgIpc) is 2.16. The third-order valence-corrected chi connectivity index (χ3v) is 1.56. The van der Waals surface area contributed by atoms with E-state index in [0.717, 1.165) is 12.3 Å². The van der Waals surface area contributed by atoms with Gasteiger partial charge in [0, 0.05) is 11.7 Å². The van der Waals surface area contributed by atoms with E-state index in [1.807, 2.05) is 0 Å². The van der Waals surface area contributed by atoms with E-state index in [1.54, 1.807) is 0 Å². The molecule has 72 valence electrons. The van der Waals surface area contributed by atoms with E-state index in [9.17, 15) is 8.78 Å². The minimum absolute atomic E-state index is 0.0917. The number of rotatable bonds is 2. The van der Waals surface area contributed by atoms with E-state index >= 15 is 0 Å². The Hall–Kier alpha value is -1.52. The fourth-order valence-corrected chi connectivity index (χ4v) is 0.896. The number of aromatic nitrogens is 1. The normalized spacial score (nSPS) is 10.0. The molecule has 1 aromatic rings. The Labute approximate surface area is 78.6 Å². The zero-order chi connectivity index (χ0) is 10.7. The number of nitrogens with zero attached hydrogens (tertiary/aromatic N) is 2. The van der Waals surface area contributed by atoms with Gasteiger partial charge in [0.05, 0.1) is 5.56 Å². The minimum atomic E-state index is -2.85. The van der Waals surface area contributed by atoms with Crippen molar-refractivity contribution in [2.45, 2.75) is 6.43 Å². The van der Waals surface area contributed by atoms with Crippen LogP contribution in [0.25, 0.3) is 0 Å². The lowest BCUT2D eigenvalue weighted by Crippen LogP contribution is -2.30. The van der Waals surface area contributed by atoms with Gasteiger partial charge in [-0.2, -0.15) is 5.26 Å². The van der Waals surface area contributed by atoms with Gasteiger partial charge in [-0.05, 0) is 6.07 Å². The van der Waals surface area contributed by atoms with E-state index in [1.165, 1.54) is 6.07 Å². The van der Waals surface area contributed by atoms with Gasteiger partial charge in [0.25, 0.3) is 6.43 Å². The summed E-state index contributed by atoms with van der Waals surface area (Å²) >= 11 is 0.